The number of nitrogens with two attached hydrogens (primary N) is 1. The molecule has 1 aromatic heterocycles. The number of ether oxygens (including phenoxy) is 2. The lowest BCUT2D eigenvalue weighted by Crippen LogP contribution is -2.22. The topological polar surface area (TPSA) is 126 Å². The molecule has 0 atom stereocenters. The first-order chi connectivity index (χ1) is 14.9. The van der Waals surface area contributed by atoms with E-state index >= 15 is 0 Å². The molecule has 9 heteroatoms. The summed E-state index contributed by atoms with van der Waals surface area (Å²) in [5.74, 6) is 0.371. The monoisotopic (exact) mass is 424 g/mol. The molecule has 0 aliphatic rings. The third-order valence-electron chi connectivity index (χ3n) is 4.75. The Kier molecular flexibility index (Phi) is 6.86. The molecule has 0 fully saturated rings. The fraction of sp³-hybridized carbons (Fsp3) is 0.273. The molecule has 0 aliphatic heterocycles. The van der Waals surface area contributed by atoms with Crippen molar-refractivity contribution in [2.75, 3.05) is 19.5 Å². The standard InChI is InChI=1S/C22H24N4O5/c1-30-18-11-16-17(12-19(18)31-2)24-13-26(22(16)29)9-3-4-21(28)25-15-7-5-14(6-8-15)10-20(23)27/h5-8,11-13H,3-4,9-10H2,1-2H3,(H2,23,27)(H,25,28). The number of aryl methyl sites for hydroxylation is 1. The number of carbonyl (C=O) groups excluding carboxylic acids is 2. The average Bonchev–Trinajstić information content (AvgIpc) is 2.75. The second-order valence-corrected chi connectivity index (χ2v) is 6.96. The molecular formula is C22H24N4O5. The molecule has 0 unspecified atom stereocenters. The lowest BCUT2D eigenvalue weighted by atomic mass is 10.1. The Morgan fingerprint density at radius 1 is 1.10 bits per heavy atom. The summed E-state index contributed by atoms with van der Waals surface area (Å²) in [7, 11) is 3.02. The first kappa shape index (κ1) is 21.8. The zero-order chi connectivity index (χ0) is 22.4. The molecule has 3 rings (SSSR count). The van der Waals surface area contributed by atoms with Crippen LogP contribution >= 0.6 is 0 Å². The van der Waals surface area contributed by atoms with Crippen molar-refractivity contribution in [3.63, 3.8) is 0 Å². The number of hydrogen-bond acceptors (Lipinski definition) is 6. The fourth-order valence-corrected chi connectivity index (χ4v) is 3.19. The van der Waals surface area contributed by atoms with Crippen molar-refractivity contribution < 1.29 is 19.1 Å². The Balaban J connectivity index is 1.60. The fourth-order valence-electron chi connectivity index (χ4n) is 3.19. The van der Waals surface area contributed by atoms with Crippen LogP contribution < -0.4 is 26.1 Å². The van der Waals surface area contributed by atoms with Crippen LogP contribution in [-0.2, 0) is 22.6 Å². The van der Waals surface area contributed by atoms with Crippen LogP contribution in [0.15, 0.2) is 47.5 Å². The number of rotatable bonds is 9. The predicted octanol–water partition coefficient (Wildman–Crippen LogP) is 1.86. The Morgan fingerprint density at radius 2 is 1.77 bits per heavy atom. The van der Waals surface area contributed by atoms with Crippen LogP contribution in [0.4, 0.5) is 5.69 Å². The highest BCUT2D eigenvalue weighted by Gasteiger charge is 2.11. The van der Waals surface area contributed by atoms with Crippen LogP contribution in [0, 0.1) is 0 Å². The maximum absolute atomic E-state index is 12.8. The minimum Gasteiger partial charge on any atom is -0.493 e. The average molecular weight is 424 g/mol. The van der Waals surface area contributed by atoms with Crippen molar-refractivity contribution in [3.05, 3.63) is 58.6 Å². The Bertz CT molecular complexity index is 1160. The molecule has 0 saturated carbocycles. The van der Waals surface area contributed by atoms with Crippen LogP contribution in [-0.4, -0.2) is 35.6 Å². The predicted molar refractivity (Wildman–Crippen MR) is 116 cm³/mol. The molecular weight excluding hydrogens is 400 g/mol. The van der Waals surface area contributed by atoms with Crippen molar-refractivity contribution in [3.8, 4) is 11.5 Å². The molecule has 0 aliphatic carbocycles. The number of nitrogens with one attached hydrogen (secondary N) is 1. The number of carbonyl (C=O) groups is 2. The van der Waals surface area contributed by atoms with E-state index in [-0.39, 0.29) is 24.3 Å². The highest BCUT2D eigenvalue weighted by atomic mass is 16.5. The van der Waals surface area contributed by atoms with Gasteiger partial charge in [-0.1, -0.05) is 12.1 Å². The SMILES string of the molecule is COc1cc2ncn(CCCC(=O)Nc3ccc(CC(N)=O)cc3)c(=O)c2cc1OC. The zero-order valence-electron chi connectivity index (χ0n) is 17.4. The van der Waals surface area contributed by atoms with E-state index in [1.807, 2.05) is 0 Å². The third-order valence-corrected chi connectivity index (χ3v) is 4.75. The van der Waals surface area contributed by atoms with Gasteiger partial charge in [-0.2, -0.15) is 0 Å². The number of amides is 2. The molecule has 2 aromatic carbocycles. The molecule has 0 bridgehead atoms. The lowest BCUT2D eigenvalue weighted by molar-refractivity contribution is -0.117. The summed E-state index contributed by atoms with van der Waals surface area (Å²) in [6.07, 6.45) is 2.32. The molecule has 9 nitrogen and oxygen atoms in total. The van der Waals surface area contributed by atoms with Gasteiger partial charge >= 0.3 is 0 Å². The maximum Gasteiger partial charge on any atom is 0.261 e. The van der Waals surface area contributed by atoms with E-state index < -0.39 is 5.91 Å². The summed E-state index contributed by atoms with van der Waals surface area (Å²) in [5, 5.41) is 3.21. The quantitative estimate of drug-likeness (QED) is 0.540. The van der Waals surface area contributed by atoms with E-state index in [9.17, 15) is 14.4 Å². The van der Waals surface area contributed by atoms with Crippen molar-refractivity contribution in [2.24, 2.45) is 5.73 Å². The van der Waals surface area contributed by atoms with Gasteiger partial charge in [0, 0.05) is 24.7 Å². The van der Waals surface area contributed by atoms with Gasteiger partial charge in [0.15, 0.2) is 11.5 Å². The first-order valence-electron chi connectivity index (χ1n) is 9.69. The molecule has 1 heterocycles. The molecule has 0 spiro atoms. The lowest BCUT2D eigenvalue weighted by Gasteiger charge is -2.11. The van der Waals surface area contributed by atoms with Crippen LogP contribution in [0.2, 0.25) is 0 Å². The number of methoxy groups -OCH3 is 2. The highest BCUT2D eigenvalue weighted by Crippen LogP contribution is 2.29. The number of primary amides is 1. The number of benzene rings is 2. The summed E-state index contributed by atoms with van der Waals surface area (Å²) in [6.45, 7) is 0.348. The Labute approximate surface area is 178 Å². The van der Waals surface area contributed by atoms with E-state index in [2.05, 4.69) is 10.3 Å². The van der Waals surface area contributed by atoms with Crippen LogP contribution in [0.25, 0.3) is 10.9 Å². The number of anilines is 1. The van der Waals surface area contributed by atoms with Gasteiger partial charge in [0.1, 0.15) is 0 Å². The van der Waals surface area contributed by atoms with Crippen LogP contribution in [0.3, 0.4) is 0 Å². The van der Waals surface area contributed by atoms with E-state index in [0.29, 0.717) is 41.1 Å². The number of nitrogens with zero attached hydrogens (tertiary/aromatic N) is 2. The minimum absolute atomic E-state index is 0.154. The molecule has 0 radical (unpaired) electrons. The molecule has 3 aromatic rings. The van der Waals surface area contributed by atoms with E-state index in [1.54, 1.807) is 36.4 Å². The number of aromatic nitrogens is 2. The third kappa shape index (κ3) is 5.39. The van der Waals surface area contributed by atoms with Gasteiger partial charge in [0.2, 0.25) is 11.8 Å². The van der Waals surface area contributed by atoms with Crippen molar-refractivity contribution in [1.29, 1.82) is 0 Å². The summed E-state index contributed by atoms with van der Waals surface area (Å²) in [5.41, 5.74) is 6.87. The van der Waals surface area contributed by atoms with Crippen molar-refractivity contribution in [1.82, 2.24) is 9.55 Å². The normalized spacial score (nSPS) is 10.6. The van der Waals surface area contributed by atoms with Gasteiger partial charge in [-0.05, 0) is 30.2 Å². The van der Waals surface area contributed by atoms with Gasteiger partial charge in [-0.3, -0.25) is 19.0 Å². The van der Waals surface area contributed by atoms with Gasteiger partial charge in [-0.15, -0.1) is 0 Å². The second kappa shape index (κ2) is 9.75. The van der Waals surface area contributed by atoms with Gasteiger partial charge in [-0.25, -0.2) is 4.98 Å². The zero-order valence-corrected chi connectivity index (χ0v) is 17.4. The second-order valence-electron chi connectivity index (χ2n) is 6.96. The number of fused-ring (bicyclic) bond motifs is 1. The Morgan fingerprint density at radius 3 is 2.42 bits per heavy atom. The minimum atomic E-state index is -0.409. The van der Waals surface area contributed by atoms with Gasteiger partial charge in [0.25, 0.3) is 5.56 Å². The van der Waals surface area contributed by atoms with E-state index in [1.165, 1.54) is 25.1 Å². The van der Waals surface area contributed by atoms with Crippen LogP contribution in [0.1, 0.15) is 18.4 Å². The molecule has 2 amide bonds. The summed E-state index contributed by atoms with van der Waals surface area (Å²) < 4.78 is 12.0. The Hall–Kier alpha value is -3.88. The van der Waals surface area contributed by atoms with Crippen molar-refractivity contribution >= 4 is 28.4 Å². The first-order valence-corrected chi connectivity index (χ1v) is 9.69. The summed E-state index contributed by atoms with van der Waals surface area (Å²) in [6, 6.07) is 10.2. The van der Waals surface area contributed by atoms with E-state index in [4.69, 9.17) is 15.2 Å². The van der Waals surface area contributed by atoms with Gasteiger partial charge < -0.3 is 20.5 Å². The molecule has 31 heavy (non-hydrogen) atoms. The summed E-state index contributed by atoms with van der Waals surface area (Å²) >= 11 is 0. The molecule has 162 valence electrons. The van der Waals surface area contributed by atoms with E-state index in [0.717, 1.165) is 5.56 Å². The largest absolute Gasteiger partial charge is 0.493 e. The molecule has 3 N–H and O–H groups in total. The van der Waals surface area contributed by atoms with Crippen molar-refractivity contribution in [2.45, 2.75) is 25.8 Å². The highest BCUT2D eigenvalue weighted by molar-refractivity contribution is 5.90. The van der Waals surface area contributed by atoms with Crippen LogP contribution in [0.5, 0.6) is 11.5 Å². The molecule has 0 saturated heterocycles. The summed E-state index contributed by atoms with van der Waals surface area (Å²) in [4.78, 5) is 40.2. The number of hydrogen-bond donors (Lipinski definition) is 2. The maximum atomic E-state index is 12.8. The smallest absolute Gasteiger partial charge is 0.261 e. The van der Waals surface area contributed by atoms with Gasteiger partial charge in [0.05, 0.1) is 37.9 Å².